The SMILES string of the molecule is O=C(O)C[C@H]1CC[C@H](OC2CCN(c3ccc(-c4nnc(-c5ccsc5)[nH]4)cn3)CC2)CC1. The number of rotatable bonds is 7. The minimum atomic E-state index is -0.683. The number of hydrogen-bond donors (Lipinski definition) is 2. The van der Waals surface area contributed by atoms with Gasteiger partial charge in [0.2, 0.25) is 0 Å². The molecule has 0 unspecified atom stereocenters. The van der Waals surface area contributed by atoms with Gasteiger partial charge in [-0.1, -0.05) is 0 Å². The van der Waals surface area contributed by atoms with Crippen LogP contribution in [-0.2, 0) is 9.53 Å². The first-order valence-corrected chi connectivity index (χ1v) is 12.6. The van der Waals surface area contributed by atoms with Crippen LogP contribution >= 0.6 is 11.3 Å². The lowest BCUT2D eigenvalue weighted by Gasteiger charge is -2.36. The number of hydrogen-bond acceptors (Lipinski definition) is 7. The van der Waals surface area contributed by atoms with Gasteiger partial charge in [0.05, 0.1) is 12.2 Å². The lowest BCUT2D eigenvalue weighted by molar-refractivity contribution is -0.138. The van der Waals surface area contributed by atoms with Gasteiger partial charge in [-0.3, -0.25) is 4.79 Å². The molecule has 1 saturated heterocycles. The Balaban J connectivity index is 1.10. The Morgan fingerprint density at radius 2 is 1.76 bits per heavy atom. The third kappa shape index (κ3) is 5.42. The van der Waals surface area contributed by atoms with Crippen molar-refractivity contribution in [2.45, 2.75) is 57.2 Å². The predicted octanol–water partition coefficient (Wildman–Crippen LogP) is 4.61. The van der Waals surface area contributed by atoms with E-state index in [-0.39, 0.29) is 12.2 Å². The van der Waals surface area contributed by atoms with Crippen LogP contribution in [0.4, 0.5) is 5.82 Å². The number of H-pyrrole nitrogens is 1. The number of anilines is 1. The average molecular weight is 468 g/mol. The van der Waals surface area contributed by atoms with Crippen molar-refractivity contribution >= 4 is 23.1 Å². The Morgan fingerprint density at radius 3 is 2.39 bits per heavy atom. The van der Waals surface area contributed by atoms with E-state index in [9.17, 15) is 4.79 Å². The quantitative estimate of drug-likeness (QED) is 0.523. The Hall–Kier alpha value is -2.78. The van der Waals surface area contributed by atoms with E-state index in [0.29, 0.717) is 12.3 Å². The number of nitrogens with zero attached hydrogens (tertiary/aromatic N) is 4. The molecule has 0 spiro atoms. The summed E-state index contributed by atoms with van der Waals surface area (Å²) in [5, 5.41) is 21.6. The van der Waals surface area contributed by atoms with Crippen molar-refractivity contribution in [2.75, 3.05) is 18.0 Å². The number of ether oxygens (including phenoxy) is 1. The maximum absolute atomic E-state index is 10.9. The fraction of sp³-hybridized carbons (Fsp3) is 0.500. The largest absolute Gasteiger partial charge is 0.481 e. The van der Waals surface area contributed by atoms with E-state index in [2.05, 4.69) is 25.1 Å². The highest BCUT2D eigenvalue weighted by molar-refractivity contribution is 7.08. The first-order chi connectivity index (χ1) is 16.1. The van der Waals surface area contributed by atoms with Gasteiger partial charge >= 0.3 is 5.97 Å². The highest BCUT2D eigenvalue weighted by atomic mass is 32.1. The lowest BCUT2D eigenvalue weighted by Crippen LogP contribution is -2.39. The summed E-state index contributed by atoms with van der Waals surface area (Å²) < 4.78 is 6.37. The monoisotopic (exact) mass is 467 g/mol. The summed E-state index contributed by atoms with van der Waals surface area (Å²) in [5.41, 5.74) is 1.96. The number of pyridine rings is 1. The zero-order valence-electron chi connectivity index (χ0n) is 18.5. The van der Waals surface area contributed by atoms with E-state index in [4.69, 9.17) is 9.84 Å². The first-order valence-electron chi connectivity index (χ1n) is 11.7. The summed E-state index contributed by atoms with van der Waals surface area (Å²) in [6.07, 6.45) is 8.59. The van der Waals surface area contributed by atoms with Gasteiger partial charge in [0.15, 0.2) is 11.6 Å². The van der Waals surface area contributed by atoms with Gasteiger partial charge in [0.25, 0.3) is 0 Å². The third-order valence-corrected chi connectivity index (χ3v) is 7.39. The van der Waals surface area contributed by atoms with Crippen LogP contribution in [0.1, 0.15) is 44.9 Å². The molecule has 3 aromatic rings. The number of nitrogens with one attached hydrogen (secondary N) is 1. The van der Waals surface area contributed by atoms with E-state index >= 15 is 0 Å². The molecule has 9 heteroatoms. The van der Waals surface area contributed by atoms with Crippen LogP contribution in [0, 0.1) is 5.92 Å². The van der Waals surface area contributed by atoms with Crippen molar-refractivity contribution < 1.29 is 14.6 Å². The van der Waals surface area contributed by atoms with Crippen LogP contribution in [0.3, 0.4) is 0 Å². The van der Waals surface area contributed by atoms with Crippen molar-refractivity contribution in [1.29, 1.82) is 0 Å². The van der Waals surface area contributed by atoms with E-state index in [1.165, 1.54) is 0 Å². The second-order valence-electron chi connectivity index (χ2n) is 9.00. The highest BCUT2D eigenvalue weighted by Gasteiger charge is 2.28. The van der Waals surface area contributed by atoms with E-state index in [0.717, 1.165) is 80.2 Å². The van der Waals surface area contributed by atoms with Crippen LogP contribution < -0.4 is 4.90 Å². The summed E-state index contributed by atoms with van der Waals surface area (Å²) in [7, 11) is 0. The summed E-state index contributed by atoms with van der Waals surface area (Å²) in [6, 6.07) is 6.11. The zero-order valence-corrected chi connectivity index (χ0v) is 19.3. The molecule has 1 aliphatic carbocycles. The van der Waals surface area contributed by atoms with Gasteiger partial charge in [-0.15, -0.1) is 10.2 Å². The van der Waals surface area contributed by atoms with Crippen molar-refractivity contribution in [3.63, 3.8) is 0 Å². The summed E-state index contributed by atoms with van der Waals surface area (Å²) >= 11 is 1.63. The van der Waals surface area contributed by atoms with E-state index < -0.39 is 5.97 Å². The topological polar surface area (TPSA) is 104 Å². The maximum Gasteiger partial charge on any atom is 0.303 e. The number of thiophene rings is 1. The third-order valence-electron chi connectivity index (χ3n) is 6.71. The molecule has 2 fully saturated rings. The fourth-order valence-corrected chi connectivity index (χ4v) is 5.49. The van der Waals surface area contributed by atoms with Crippen molar-refractivity contribution in [3.8, 4) is 22.8 Å². The Bertz CT molecular complexity index is 1040. The van der Waals surface area contributed by atoms with Gasteiger partial charge in [-0.25, -0.2) is 4.98 Å². The second-order valence-corrected chi connectivity index (χ2v) is 9.78. The van der Waals surface area contributed by atoms with Gasteiger partial charge in [0, 0.05) is 42.2 Å². The average Bonchev–Trinajstić information content (AvgIpc) is 3.53. The van der Waals surface area contributed by atoms with Crippen LogP contribution in [0.15, 0.2) is 35.2 Å². The second kappa shape index (κ2) is 10.0. The van der Waals surface area contributed by atoms with Gasteiger partial charge in [0.1, 0.15) is 5.82 Å². The number of piperidine rings is 1. The number of aromatic amines is 1. The van der Waals surface area contributed by atoms with E-state index in [1.54, 1.807) is 11.3 Å². The number of carbonyl (C=O) groups is 1. The molecule has 1 saturated carbocycles. The van der Waals surface area contributed by atoms with Crippen molar-refractivity contribution in [2.24, 2.45) is 5.92 Å². The predicted molar refractivity (Wildman–Crippen MR) is 127 cm³/mol. The van der Waals surface area contributed by atoms with Crippen LogP contribution in [0.25, 0.3) is 22.8 Å². The maximum atomic E-state index is 10.9. The first kappa shape index (κ1) is 22.0. The number of aliphatic carboxylic acids is 1. The molecule has 2 N–H and O–H groups in total. The normalized spacial score (nSPS) is 21.9. The van der Waals surface area contributed by atoms with Crippen LogP contribution in [0.2, 0.25) is 0 Å². The van der Waals surface area contributed by atoms with Crippen molar-refractivity contribution in [1.82, 2.24) is 20.2 Å². The molecule has 0 aromatic carbocycles. The molecule has 0 bridgehead atoms. The Kier molecular flexibility index (Phi) is 6.68. The van der Waals surface area contributed by atoms with Gasteiger partial charge in [-0.2, -0.15) is 11.3 Å². The minimum absolute atomic E-state index is 0.282. The molecule has 0 amide bonds. The molecule has 0 radical (unpaired) electrons. The molecule has 8 nitrogen and oxygen atoms in total. The molecule has 3 aromatic heterocycles. The highest BCUT2D eigenvalue weighted by Crippen LogP contribution is 2.31. The molecule has 2 aliphatic rings. The molecule has 0 atom stereocenters. The Morgan fingerprint density at radius 1 is 1.03 bits per heavy atom. The zero-order chi connectivity index (χ0) is 22.6. The molecular weight excluding hydrogens is 438 g/mol. The summed E-state index contributed by atoms with van der Waals surface area (Å²) in [4.78, 5) is 21.2. The van der Waals surface area contributed by atoms with E-state index in [1.807, 2.05) is 35.2 Å². The van der Waals surface area contributed by atoms with Gasteiger partial charge in [-0.05, 0) is 68.0 Å². The number of carboxylic acids is 1. The Labute approximate surface area is 197 Å². The summed E-state index contributed by atoms with van der Waals surface area (Å²) in [6.45, 7) is 1.85. The van der Waals surface area contributed by atoms with Crippen molar-refractivity contribution in [3.05, 3.63) is 35.2 Å². The molecule has 33 heavy (non-hydrogen) atoms. The summed E-state index contributed by atoms with van der Waals surface area (Å²) in [5.74, 6) is 2.10. The smallest absolute Gasteiger partial charge is 0.303 e. The molecule has 174 valence electrons. The molecule has 1 aliphatic heterocycles. The minimum Gasteiger partial charge on any atom is -0.481 e. The number of carboxylic acid groups (broad SMARTS) is 1. The molecule has 4 heterocycles. The standard InChI is InChI=1S/C24H29N5O3S/c30-22(31)13-16-1-4-19(5-2-16)32-20-7-10-29(11-8-20)21-6-3-17(14-25-21)23-26-24(28-27-23)18-9-12-33-15-18/h3,6,9,12,14-16,19-20H,1-2,4-5,7-8,10-11,13H2,(H,30,31)(H,26,27,28)/t16-,19-. The molecule has 5 rings (SSSR count). The lowest BCUT2D eigenvalue weighted by atomic mass is 9.85. The number of aromatic nitrogens is 4. The van der Waals surface area contributed by atoms with Crippen LogP contribution in [-0.4, -0.2) is 56.5 Å². The van der Waals surface area contributed by atoms with Gasteiger partial charge < -0.3 is 19.7 Å². The van der Waals surface area contributed by atoms with Crippen LogP contribution in [0.5, 0.6) is 0 Å². The molecular formula is C24H29N5O3S. The fourth-order valence-electron chi connectivity index (χ4n) is 4.85.